The lowest BCUT2D eigenvalue weighted by molar-refractivity contribution is -0.0514. The highest BCUT2D eigenvalue weighted by atomic mass is 19.3. The molecule has 1 atom stereocenters. The van der Waals surface area contributed by atoms with Gasteiger partial charge in [0.05, 0.1) is 19.8 Å². The summed E-state index contributed by atoms with van der Waals surface area (Å²) in [5.74, 6) is -0.878. The second kappa shape index (κ2) is 10.3. The zero-order valence-corrected chi connectivity index (χ0v) is 18.7. The fourth-order valence-corrected chi connectivity index (χ4v) is 2.64. The standard InChI is InChI=1S/C21H26F2N2O7/c1-7-29-14-10-12(8-9-13(14)30-19(22)23)17-25-15(18(26)28-6)16(31-17)11(2)24-20(27)32-21(3,4)5/h8-11,19H,7H2,1-6H3,(H,24,27). The molecule has 9 nitrogen and oxygen atoms in total. The molecule has 32 heavy (non-hydrogen) atoms. The monoisotopic (exact) mass is 456 g/mol. The van der Waals surface area contributed by atoms with Crippen molar-refractivity contribution >= 4 is 12.1 Å². The van der Waals surface area contributed by atoms with E-state index in [1.165, 1.54) is 25.3 Å². The lowest BCUT2D eigenvalue weighted by atomic mass is 10.2. The van der Waals surface area contributed by atoms with Crippen molar-refractivity contribution in [3.8, 4) is 23.0 Å². The molecule has 0 fully saturated rings. The third-order valence-electron chi connectivity index (χ3n) is 3.87. The van der Waals surface area contributed by atoms with Gasteiger partial charge >= 0.3 is 18.7 Å². The Hall–Kier alpha value is -3.37. The average molecular weight is 456 g/mol. The number of nitrogens with one attached hydrogen (secondary N) is 1. The van der Waals surface area contributed by atoms with Crippen LogP contribution in [0.2, 0.25) is 0 Å². The van der Waals surface area contributed by atoms with E-state index in [-0.39, 0.29) is 35.5 Å². The highest BCUT2D eigenvalue weighted by molar-refractivity contribution is 5.89. The summed E-state index contributed by atoms with van der Waals surface area (Å²) >= 11 is 0. The van der Waals surface area contributed by atoms with Gasteiger partial charge in [0.15, 0.2) is 23.0 Å². The van der Waals surface area contributed by atoms with E-state index in [0.29, 0.717) is 5.56 Å². The number of aromatic nitrogens is 1. The van der Waals surface area contributed by atoms with Gasteiger partial charge in [-0.1, -0.05) is 0 Å². The zero-order valence-electron chi connectivity index (χ0n) is 18.7. The minimum absolute atomic E-state index is 0.0113. The molecule has 1 amide bonds. The fraction of sp³-hybridized carbons (Fsp3) is 0.476. The summed E-state index contributed by atoms with van der Waals surface area (Å²) in [4.78, 5) is 28.5. The Morgan fingerprint density at radius 2 is 1.91 bits per heavy atom. The van der Waals surface area contributed by atoms with E-state index in [1.54, 1.807) is 34.6 Å². The molecular weight excluding hydrogens is 430 g/mol. The van der Waals surface area contributed by atoms with Gasteiger partial charge in [-0.2, -0.15) is 8.78 Å². The molecule has 0 aliphatic carbocycles. The first kappa shape index (κ1) is 24.9. The average Bonchev–Trinajstić information content (AvgIpc) is 3.12. The van der Waals surface area contributed by atoms with Crippen molar-refractivity contribution in [2.24, 2.45) is 0 Å². The first-order chi connectivity index (χ1) is 14.9. The molecule has 11 heteroatoms. The maximum absolute atomic E-state index is 12.6. The molecule has 1 heterocycles. The minimum Gasteiger partial charge on any atom is -0.490 e. The number of alkyl carbamates (subject to hydrolysis) is 1. The predicted molar refractivity (Wildman–Crippen MR) is 109 cm³/mol. The van der Waals surface area contributed by atoms with Crippen LogP contribution in [0.4, 0.5) is 13.6 Å². The second-order valence-electron chi connectivity index (χ2n) is 7.56. The molecule has 0 spiro atoms. The van der Waals surface area contributed by atoms with Crippen molar-refractivity contribution in [3.05, 3.63) is 29.7 Å². The Bertz CT molecular complexity index is 954. The highest BCUT2D eigenvalue weighted by Gasteiger charge is 2.28. The van der Waals surface area contributed by atoms with Crippen LogP contribution in [0.1, 0.15) is 56.9 Å². The molecule has 0 aliphatic rings. The van der Waals surface area contributed by atoms with Gasteiger partial charge in [-0.25, -0.2) is 14.6 Å². The Morgan fingerprint density at radius 3 is 2.47 bits per heavy atom. The first-order valence-corrected chi connectivity index (χ1v) is 9.75. The maximum Gasteiger partial charge on any atom is 0.408 e. The van der Waals surface area contributed by atoms with Crippen molar-refractivity contribution in [1.29, 1.82) is 0 Å². The normalized spacial score (nSPS) is 12.3. The molecule has 0 saturated heterocycles. The fourth-order valence-electron chi connectivity index (χ4n) is 2.64. The van der Waals surface area contributed by atoms with Gasteiger partial charge < -0.3 is 28.7 Å². The Balaban J connectivity index is 2.41. The van der Waals surface area contributed by atoms with E-state index in [0.717, 1.165) is 0 Å². The number of rotatable bonds is 8. The van der Waals surface area contributed by atoms with Crippen LogP contribution in [0, 0.1) is 0 Å². The van der Waals surface area contributed by atoms with Gasteiger partial charge in [0.25, 0.3) is 0 Å². The molecule has 1 unspecified atom stereocenters. The highest BCUT2D eigenvalue weighted by Crippen LogP contribution is 2.35. The number of amides is 1. The molecule has 0 aliphatic heterocycles. The number of hydrogen-bond acceptors (Lipinski definition) is 8. The Kier molecular flexibility index (Phi) is 8.01. The molecule has 0 radical (unpaired) electrons. The van der Waals surface area contributed by atoms with Gasteiger partial charge in [0.1, 0.15) is 5.60 Å². The van der Waals surface area contributed by atoms with E-state index in [1.807, 2.05) is 0 Å². The molecule has 2 aromatic rings. The minimum atomic E-state index is -3.03. The van der Waals surface area contributed by atoms with Gasteiger partial charge in [-0.15, -0.1) is 0 Å². The van der Waals surface area contributed by atoms with Crippen molar-refractivity contribution < 1.29 is 41.7 Å². The topological polar surface area (TPSA) is 109 Å². The molecule has 0 saturated carbocycles. The van der Waals surface area contributed by atoms with Crippen LogP contribution in [-0.4, -0.2) is 43.0 Å². The van der Waals surface area contributed by atoms with Crippen LogP contribution in [0.3, 0.4) is 0 Å². The Labute approximate surface area is 184 Å². The number of carbonyl (C=O) groups is 2. The third kappa shape index (κ3) is 6.56. The number of oxazole rings is 1. The molecule has 1 aromatic carbocycles. The van der Waals surface area contributed by atoms with Gasteiger partial charge in [-0.3, -0.25) is 0 Å². The number of nitrogens with zero attached hydrogens (tertiary/aromatic N) is 1. The summed E-state index contributed by atoms with van der Waals surface area (Å²) < 4.78 is 50.8. The zero-order chi connectivity index (χ0) is 24.1. The van der Waals surface area contributed by atoms with E-state index in [4.69, 9.17) is 18.6 Å². The van der Waals surface area contributed by atoms with E-state index in [2.05, 4.69) is 15.0 Å². The lowest BCUT2D eigenvalue weighted by Crippen LogP contribution is -2.34. The largest absolute Gasteiger partial charge is 0.490 e. The van der Waals surface area contributed by atoms with Crippen molar-refractivity contribution in [2.45, 2.75) is 52.9 Å². The smallest absolute Gasteiger partial charge is 0.408 e. The molecule has 0 bridgehead atoms. The molecule has 176 valence electrons. The van der Waals surface area contributed by atoms with Gasteiger partial charge in [-0.05, 0) is 52.8 Å². The van der Waals surface area contributed by atoms with Crippen LogP contribution in [0.15, 0.2) is 22.6 Å². The number of esters is 1. The van der Waals surface area contributed by atoms with Crippen LogP contribution < -0.4 is 14.8 Å². The van der Waals surface area contributed by atoms with E-state index < -0.39 is 30.3 Å². The molecule has 2 rings (SSSR count). The summed E-state index contributed by atoms with van der Waals surface area (Å²) in [6.07, 6.45) is -0.717. The first-order valence-electron chi connectivity index (χ1n) is 9.75. The molecule has 1 aromatic heterocycles. The molecule has 1 N–H and O–H groups in total. The number of carbonyl (C=O) groups excluding carboxylic acids is 2. The summed E-state index contributed by atoms with van der Waals surface area (Å²) in [5.41, 5.74) is -0.549. The van der Waals surface area contributed by atoms with Crippen LogP contribution >= 0.6 is 0 Å². The lowest BCUT2D eigenvalue weighted by Gasteiger charge is -2.21. The third-order valence-corrected chi connectivity index (χ3v) is 3.87. The second-order valence-corrected chi connectivity index (χ2v) is 7.56. The summed E-state index contributed by atoms with van der Waals surface area (Å²) in [5, 5.41) is 2.57. The number of ether oxygens (including phenoxy) is 4. The van der Waals surface area contributed by atoms with E-state index >= 15 is 0 Å². The van der Waals surface area contributed by atoms with Crippen molar-refractivity contribution in [3.63, 3.8) is 0 Å². The summed E-state index contributed by atoms with van der Waals surface area (Å²) in [6.45, 7) is 5.56. The SMILES string of the molecule is CCOc1cc(-c2nc(C(=O)OC)c(C(C)NC(=O)OC(C)(C)C)o2)ccc1OC(F)F. The van der Waals surface area contributed by atoms with Gasteiger partial charge in [0, 0.05) is 5.56 Å². The van der Waals surface area contributed by atoms with Crippen LogP contribution in [0.25, 0.3) is 11.5 Å². The number of alkyl halides is 2. The summed E-state index contributed by atoms with van der Waals surface area (Å²) in [7, 11) is 1.18. The quantitative estimate of drug-likeness (QED) is 0.569. The maximum atomic E-state index is 12.6. The van der Waals surface area contributed by atoms with Crippen molar-refractivity contribution in [2.75, 3.05) is 13.7 Å². The predicted octanol–water partition coefficient (Wildman–Crippen LogP) is 4.71. The number of methoxy groups -OCH3 is 1. The van der Waals surface area contributed by atoms with Crippen LogP contribution in [0.5, 0.6) is 11.5 Å². The van der Waals surface area contributed by atoms with Crippen molar-refractivity contribution in [1.82, 2.24) is 10.3 Å². The summed E-state index contributed by atoms with van der Waals surface area (Å²) in [6, 6.07) is 3.29. The van der Waals surface area contributed by atoms with Crippen LogP contribution in [-0.2, 0) is 9.47 Å². The van der Waals surface area contributed by atoms with Gasteiger partial charge in [0.2, 0.25) is 5.89 Å². The Morgan fingerprint density at radius 1 is 1.22 bits per heavy atom. The number of benzene rings is 1. The van der Waals surface area contributed by atoms with E-state index in [9.17, 15) is 18.4 Å². The number of halogens is 2. The molecular formula is C21H26F2N2O7. The number of hydrogen-bond donors (Lipinski definition) is 1.